The zero-order valence-electron chi connectivity index (χ0n) is 9.45. The minimum absolute atomic E-state index is 0.345. The van der Waals surface area contributed by atoms with E-state index >= 15 is 0 Å². The van der Waals surface area contributed by atoms with E-state index < -0.39 is 0 Å². The van der Waals surface area contributed by atoms with Crippen LogP contribution >= 0.6 is 0 Å². The zero-order valence-corrected chi connectivity index (χ0v) is 9.45. The number of nitrogens with zero attached hydrogens (tertiary/aromatic N) is 2. The maximum absolute atomic E-state index is 5.37. The van der Waals surface area contributed by atoms with Gasteiger partial charge in [-0.15, -0.1) is 0 Å². The van der Waals surface area contributed by atoms with Crippen LogP contribution in [0.4, 0.5) is 0 Å². The Morgan fingerprint density at radius 1 is 0.867 bits per heavy atom. The monoisotopic (exact) mass is 215 g/mol. The molecule has 0 aromatic heterocycles. The van der Waals surface area contributed by atoms with Crippen LogP contribution in [0.5, 0.6) is 0 Å². The summed E-state index contributed by atoms with van der Waals surface area (Å²) in [5.74, 6) is 0. The van der Waals surface area contributed by atoms with Crippen molar-refractivity contribution in [2.24, 2.45) is 0 Å². The Morgan fingerprint density at radius 2 is 1.27 bits per heavy atom. The molecule has 2 aliphatic rings. The lowest BCUT2D eigenvalue weighted by molar-refractivity contribution is -0.0752. The molecule has 1 N–H and O–H groups in total. The smallest absolute Gasteiger partial charge is 0.117 e. The van der Waals surface area contributed by atoms with Gasteiger partial charge in [0.15, 0.2) is 0 Å². The molecule has 0 atom stereocenters. The molecule has 0 aliphatic carbocycles. The predicted octanol–water partition coefficient (Wildman–Crippen LogP) is -0.846. The second-order valence-electron chi connectivity index (χ2n) is 3.96. The first kappa shape index (κ1) is 11.3. The topological polar surface area (TPSA) is 37.0 Å². The fourth-order valence-electron chi connectivity index (χ4n) is 2.24. The number of hydrogen-bond acceptors (Lipinski definition) is 5. The first-order valence-electron chi connectivity index (χ1n) is 5.72. The van der Waals surface area contributed by atoms with E-state index in [0.29, 0.717) is 6.29 Å². The van der Waals surface area contributed by atoms with Crippen molar-refractivity contribution in [3.8, 4) is 0 Å². The minimum atomic E-state index is 0.345. The summed E-state index contributed by atoms with van der Waals surface area (Å²) in [6.07, 6.45) is 0.345. The SMILES string of the molecule is CNC(N1CCOCC1)N1CCOCC1. The van der Waals surface area contributed by atoms with E-state index in [0.717, 1.165) is 52.6 Å². The lowest BCUT2D eigenvalue weighted by atomic mass is 10.3. The van der Waals surface area contributed by atoms with Gasteiger partial charge in [0.1, 0.15) is 6.29 Å². The van der Waals surface area contributed by atoms with Gasteiger partial charge < -0.3 is 9.47 Å². The highest BCUT2D eigenvalue weighted by Gasteiger charge is 2.26. The first-order valence-corrected chi connectivity index (χ1v) is 5.72. The van der Waals surface area contributed by atoms with Crippen LogP contribution in [0.3, 0.4) is 0 Å². The Balaban J connectivity index is 1.88. The van der Waals surface area contributed by atoms with Gasteiger partial charge >= 0.3 is 0 Å². The van der Waals surface area contributed by atoms with E-state index in [-0.39, 0.29) is 0 Å². The number of hydrogen-bond donors (Lipinski definition) is 1. The molecule has 5 heteroatoms. The van der Waals surface area contributed by atoms with Gasteiger partial charge in [0, 0.05) is 26.2 Å². The van der Waals surface area contributed by atoms with E-state index in [1.54, 1.807) is 0 Å². The number of rotatable bonds is 3. The highest BCUT2D eigenvalue weighted by molar-refractivity contribution is 4.74. The first-order chi connectivity index (χ1) is 7.42. The molecule has 5 nitrogen and oxygen atoms in total. The predicted molar refractivity (Wildman–Crippen MR) is 57.6 cm³/mol. The van der Waals surface area contributed by atoms with Crippen molar-refractivity contribution in [2.75, 3.05) is 59.7 Å². The lowest BCUT2D eigenvalue weighted by Crippen LogP contribution is -2.60. The van der Waals surface area contributed by atoms with Gasteiger partial charge in [0.2, 0.25) is 0 Å². The molecular formula is C10H21N3O2. The van der Waals surface area contributed by atoms with Gasteiger partial charge in [-0.2, -0.15) is 0 Å². The van der Waals surface area contributed by atoms with Crippen LogP contribution in [0.1, 0.15) is 0 Å². The molecule has 2 aliphatic heterocycles. The maximum Gasteiger partial charge on any atom is 0.117 e. The summed E-state index contributed by atoms with van der Waals surface area (Å²) in [4.78, 5) is 4.88. The molecule has 2 heterocycles. The molecule has 88 valence electrons. The van der Waals surface area contributed by atoms with Crippen LogP contribution < -0.4 is 5.32 Å². The van der Waals surface area contributed by atoms with Gasteiger partial charge in [-0.25, -0.2) is 0 Å². The Labute approximate surface area is 91.3 Å². The van der Waals surface area contributed by atoms with Gasteiger partial charge in [0.05, 0.1) is 26.4 Å². The zero-order chi connectivity index (χ0) is 10.5. The summed E-state index contributed by atoms with van der Waals surface area (Å²) in [7, 11) is 2.02. The molecule has 0 bridgehead atoms. The van der Waals surface area contributed by atoms with E-state index in [1.807, 2.05) is 7.05 Å². The third-order valence-electron chi connectivity index (χ3n) is 3.04. The van der Waals surface area contributed by atoms with Crippen molar-refractivity contribution in [1.29, 1.82) is 0 Å². The average Bonchev–Trinajstić information content (AvgIpc) is 2.33. The minimum Gasteiger partial charge on any atom is -0.379 e. The molecule has 0 spiro atoms. The number of morpholine rings is 2. The van der Waals surface area contributed by atoms with Crippen molar-refractivity contribution in [3.63, 3.8) is 0 Å². The largest absolute Gasteiger partial charge is 0.379 e. The van der Waals surface area contributed by atoms with Crippen molar-refractivity contribution in [1.82, 2.24) is 15.1 Å². The van der Waals surface area contributed by atoms with E-state index in [2.05, 4.69) is 15.1 Å². The molecule has 0 aromatic carbocycles. The van der Waals surface area contributed by atoms with Crippen LogP contribution in [0.25, 0.3) is 0 Å². The Kier molecular flexibility index (Phi) is 4.34. The van der Waals surface area contributed by atoms with Gasteiger partial charge in [-0.05, 0) is 7.05 Å². The number of ether oxygens (including phenoxy) is 2. The standard InChI is InChI=1S/C10H21N3O2/c1-11-10(12-2-6-14-7-3-12)13-4-8-15-9-5-13/h10-11H,2-9H2,1H3. The Hall–Kier alpha value is -0.200. The van der Waals surface area contributed by atoms with E-state index in [9.17, 15) is 0 Å². The molecule has 15 heavy (non-hydrogen) atoms. The summed E-state index contributed by atoms with van der Waals surface area (Å²) in [6, 6.07) is 0. The van der Waals surface area contributed by atoms with Crippen molar-refractivity contribution in [3.05, 3.63) is 0 Å². The summed E-state index contributed by atoms with van der Waals surface area (Å²) < 4.78 is 10.7. The molecule has 0 amide bonds. The highest BCUT2D eigenvalue weighted by atomic mass is 16.5. The summed E-state index contributed by atoms with van der Waals surface area (Å²) in [6.45, 7) is 7.47. The highest BCUT2D eigenvalue weighted by Crippen LogP contribution is 2.08. The number of nitrogens with one attached hydrogen (secondary N) is 1. The Bertz CT molecular complexity index is 162. The molecule has 0 radical (unpaired) electrons. The normalized spacial score (nSPS) is 26.0. The second kappa shape index (κ2) is 5.77. The lowest BCUT2D eigenvalue weighted by Gasteiger charge is -2.42. The van der Waals surface area contributed by atoms with Crippen LogP contribution in [-0.4, -0.2) is 75.7 Å². The summed E-state index contributed by atoms with van der Waals surface area (Å²) in [5.41, 5.74) is 0. The molecule has 0 aromatic rings. The van der Waals surface area contributed by atoms with Crippen molar-refractivity contribution in [2.45, 2.75) is 6.29 Å². The Morgan fingerprint density at radius 3 is 1.60 bits per heavy atom. The van der Waals surface area contributed by atoms with Crippen LogP contribution in [0.15, 0.2) is 0 Å². The molecule has 2 fully saturated rings. The third kappa shape index (κ3) is 2.89. The fraction of sp³-hybridized carbons (Fsp3) is 1.00. The van der Waals surface area contributed by atoms with E-state index in [4.69, 9.17) is 9.47 Å². The van der Waals surface area contributed by atoms with Crippen LogP contribution in [0, 0.1) is 0 Å². The molecular weight excluding hydrogens is 194 g/mol. The molecule has 0 unspecified atom stereocenters. The maximum atomic E-state index is 5.37. The quantitative estimate of drug-likeness (QED) is 0.664. The molecule has 2 saturated heterocycles. The van der Waals surface area contributed by atoms with Crippen molar-refractivity contribution >= 4 is 0 Å². The second-order valence-corrected chi connectivity index (χ2v) is 3.96. The summed E-state index contributed by atoms with van der Waals surface area (Å²) in [5, 5.41) is 3.38. The van der Waals surface area contributed by atoms with Crippen LogP contribution in [-0.2, 0) is 9.47 Å². The summed E-state index contributed by atoms with van der Waals surface area (Å²) >= 11 is 0. The molecule has 0 saturated carbocycles. The molecule has 2 rings (SSSR count). The van der Waals surface area contributed by atoms with Crippen molar-refractivity contribution < 1.29 is 9.47 Å². The fourth-order valence-corrected chi connectivity index (χ4v) is 2.24. The van der Waals surface area contributed by atoms with Gasteiger partial charge in [-0.3, -0.25) is 15.1 Å². The average molecular weight is 215 g/mol. The van der Waals surface area contributed by atoms with Gasteiger partial charge in [0.25, 0.3) is 0 Å². The van der Waals surface area contributed by atoms with Crippen LogP contribution in [0.2, 0.25) is 0 Å². The van der Waals surface area contributed by atoms with Gasteiger partial charge in [-0.1, -0.05) is 0 Å². The van der Waals surface area contributed by atoms with E-state index in [1.165, 1.54) is 0 Å². The third-order valence-corrected chi connectivity index (χ3v) is 3.04.